The summed E-state index contributed by atoms with van der Waals surface area (Å²) in [6.45, 7) is 15.9. The van der Waals surface area contributed by atoms with Gasteiger partial charge in [-0.15, -0.1) is 0 Å². The van der Waals surface area contributed by atoms with Gasteiger partial charge in [-0.3, -0.25) is 0 Å². The monoisotopic (exact) mass is 303 g/mol. The van der Waals surface area contributed by atoms with E-state index in [1.54, 1.807) is 6.08 Å². The average molecular weight is 303 g/mol. The van der Waals surface area contributed by atoms with Crippen molar-refractivity contribution in [2.24, 2.45) is 5.92 Å². The summed E-state index contributed by atoms with van der Waals surface area (Å²) in [4.78, 5) is 2.59. The maximum absolute atomic E-state index is 5.87. The van der Waals surface area contributed by atoms with Crippen molar-refractivity contribution >= 4 is 6.08 Å². The van der Waals surface area contributed by atoms with Crippen LogP contribution >= 0.6 is 0 Å². The van der Waals surface area contributed by atoms with Gasteiger partial charge in [0.15, 0.2) is 0 Å². The van der Waals surface area contributed by atoms with E-state index in [0.29, 0.717) is 0 Å². The Labute approximate surface area is 136 Å². The van der Waals surface area contributed by atoms with Crippen LogP contribution in [0.5, 0.6) is 0 Å². The molecule has 1 fully saturated rings. The summed E-state index contributed by atoms with van der Waals surface area (Å²) in [6, 6.07) is 2.17. The zero-order valence-electron chi connectivity index (χ0n) is 14.9. The molecular formula is C20H33NO. The second-order valence-corrected chi connectivity index (χ2v) is 5.98. The molecule has 0 bridgehead atoms. The van der Waals surface area contributed by atoms with E-state index in [-0.39, 0.29) is 0 Å². The molecule has 1 aliphatic rings. The van der Waals surface area contributed by atoms with E-state index in [9.17, 15) is 0 Å². The number of piperidine rings is 1. The molecule has 124 valence electrons. The van der Waals surface area contributed by atoms with Gasteiger partial charge in [-0.1, -0.05) is 39.5 Å². The predicted octanol–water partition coefficient (Wildman–Crippen LogP) is 5.48. The summed E-state index contributed by atoms with van der Waals surface area (Å²) >= 11 is 0. The molecule has 1 aromatic rings. The Balaban J connectivity index is 0.00000116. The lowest BCUT2D eigenvalue weighted by Crippen LogP contribution is -2.33. The summed E-state index contributed by atoms with van der Waals surface area (Å²) in [5.41, 5.74) is 1.21. The van der Waals surface area contributed by atoms with Crippen LogP contribution in [0, 0.1) is 12.8 Å². The molecule has 22 heavy (non-hydrogen) atoms. The molecule has 1 aliphatic heterocycles. The van der Waals surface area contributed by atoms with Gasteiger partial charge < -0.3 is 9.32 Å². The first-order valence-electron chi connectivity index (χ1n) is 8.80. The lowest BCUT2D eigenvalue weighted by atomic mass is 9.99. The molecule has 0 spiro atoms. The van der Waals surface area contributed by atoms with Crippen molar-refractivity contribution in [2.45, 2.75) is 53.4 Å². The largest absolute Gasteiger partial charge is 0.461 e. The zero-order chi connectivity index (χ0) is 16.4. The van der Waals surface area contributed by atoms with E-state index >= 15 is 0 Å². The molecular weight excluding hydrogens is 270 g/mol. The molecule has 2 nitrogen and oxygen atoms in total. The minimum atomic E-state index is 0.915. The molecule has 0 N–H and O–H groups in total. The van der Waals surface area contributed by atoms with Crippen molar-refractivity contribution in [2.75, 3.05) is 19.6 Å². The standard InChI is InChI=1S/C18H27NO.C2H6/c1-4-5-8-18-16(3)14-17(20-18)7-6-11-19-12-9-15(2)10-13-19;1-2/h4-5,8,14-15H,1,6-7,9-13H2,2-3H3;1-2H3/b8-5-;. The lowest BCUT2D eigenvalue weighted by molar-refractivity contribution is 0.190. The number of likely N-dealkylation sites (tertiary alicyclic amines) is 1. The lowest BCUT2D eigenvalue weighted by Gasteiger charge is -2.29. The Morgan fingerprint density at radius 3 is 2.64 bits per heavy atom. The van der Waals surface area contributed by atoms with Crippen LogP contribution < -0.4 is 0 Å². The Bertz CT molecular complexity index is 450. The van der Waals surface area contributed by atoms with E-state index in [1.165, 1.54) is 44.5 Å². The highest BCUT2D eigenvalue weighted by Crippen LogP contribution is 2.19. The molecule has 1 saturated heterocycles. The van der Waals surface area contributed by atoms with Crippen molar-refractivity contribution in [3.05, 3.63) is 41.9 Å². The number of allylic oxidation sites excluding steroid dienone is 2. The van der Waals surface area contributed by atoms with Gasteiger partial charge in [0.25, 0.3) is 0 Å². The highest BCUT2D eigenvalue weighted by molar-refractivity contribution is 5.49. The quantitative estimate of drug-likeness (QED) is 0.647. The number of hydrogen-bond acceptors (Lipinski definition) is 2. The van der Waals surface area contributed by atoms with Gasteiger partial charge in [-0.25, -0.2) is 0 Å². The number of nitrogens with zero attached hydrogens (tertiary/aromatic N) is 1. The molecule has 0 aliphatic carbocycles. The third-order valence-electron chi connectivity index (χ3n) is 4.16. The molecule has 1 aromatic heterocycles. The van der Waals surface area contributed by atoms with Gasteiger partial charge in [-0.05, 0) is 69.4 Å². The van der Waals surface area contributed by atoms with Crippen molar-refractivity contribution in [1.82, 2.24) is 4.90 Å². The van der Waals surface area contributed by atoms with Gasteiger partial charge in [0.2, 0.25) is 0 Å². The number of hydrogen-bond donors (Lipinski definition) is 0. The van der Waals surface area contributed by atoms with E-state index in [1.807, 2.05) is 26.0 Å². The molecule has 0 amide bonds. The maximum atomic E-state index is 5.87. The first kappa shape index (κ1) is 18.8. The number of furan rings is 1. The van der Waals surface area contributed by atoms with Crippen LogP contribution in [0.15, 0.2) is 29.2 Å². The average Bonchev–Trinajstić information content (AvgIpc) is 2.89. The van der Waals surface area contributed by atoms with Gasteiger partial charge in [-0.2, -0.15) is 0 Å². The Morgan fingerprint density at radius 2 is 2.00 bits per heavy atom. The minimum absolute atomic E-state index is 0.915. The summed E-state index contributed by atoms with van der Waals surface area (Å²) < 4.78 is 5.87. The fraction of sp³-hybridized carbons (Fsp3) is 0.600. The molecule has 0 atom stereocenters. The zero-order valence-corrected chi connectivity index (χ0v) is 14.9. The maximum Gasteiger partial charge on any atom is 0.129 e. The van der Waals surface area contributed by atoms with E-state index in [2.05, 4.69) is 31.4 Å². The van der Waals surface area contributed by atoms with Crippen LogP contribution in [0.25, 0.3) is 6.08 Å². The van der Waals surface area contributed by atoms with E-state index in [4.69, 9.17) is 4.42 Å². The highest BCUT2D eigenvalue weighted by Gasteiger charge is 2.15. The summed E-state index contributed by atoms with van der Waals surface area (Å²) in [5, 5.41) is 0. The third-order valence-corrected chi connectivity index (χ3v) is 4.16. The van der Waals surface area contributed by atoms with Crippen LogP contribution in [-0.4, -0.2) is 24.5 Å². The smallest absolute Gasteiger partial charge is 0.129 e. The van der Waals surface area contributed by atoms with Crippen molar-refractivity contribution in [3.63, 3.8) is 0 Å². The molecule has 2 heteroatoms. The van der Waals surface area contributed by atoms with Gasteiger partial charge in [0, 0.05) is 6.42 Å². The summed E-state index contributed by atoms with van der Waals surface area (Å²) in [7, 11) is 0. The molecule has 2 rings (SSSR count). The topological polar surface area (TPSA) is 16.4 Å². The van der Waals surface area contributed by atoms with Crippen LogP contribution in [0.1, 0.15) is 57.1 Å². The molecule has 0 aromatic carbocycles. The van der Waals surface area contributed by atoms with Crippen molar-refractivity contribution in [3.8, 4) is 0 Å². The minimum Gasteiger partial charge on any atom is -0.461 e. The molecule has 0 radical (unpaired) electrons. The number of aryl methyl sites for hydroxylation is 2. The van der Waals surface area contributed by atoms with Crippen LogP contribution in [0.2, 0.25) is 0 Å². The number of rotatable bonds is 6. The fourth-order valence-electron chi connectivity index (χ4n) is 2.77. The molecule has 0 saturated carbocycles. The second-order valence-electron chi connectivity index (χ2n) is 5.98. The Kier molecular flexibility index (Phi) is 8.91. The fourth-order valence-corrected chi connectivity index (χ4v) is 2.77. The normalized spacial score (nSPS) is 16.5. The van der Waals surface area contributed by atoms with Crippen LogP contribution in [0.3, 0.4) is 0 Å². The molecule has 2 heterocycles. The van der Waals surface area contributed by atoms with E-state index < -0.39 is 0 Å². The van der Waals surface area contributed by atoms with Crippen molar-refractivity contribution in [1.29, 1.82) is 0 Å². The second kappa shape index (κ2) is 10.4. The summed E-state index contributed by atoms with van der Waals surface area (Å²) in [6.07, 6.45) is 10.6. The first-order chi connectivity index (χ1) is 10.7. The Morgan fingerprint density at radius 1 is 1.32 bits per heavy atom. The van der Waals surface area contributed by atoms with Crippen LogP contribution in [-0.2, 0) is 6.42 Å². The van der Waals surface area contributed by atoms with Gasteiger partial charge in [0.05, 0.1) is 0 Å². The van der Waals surface area contributed by atoms with Crippen molar-refractivity contribution < 1.29 is 4.42 Å². The summed E-state index contributed by atoms with van der Waals surface area (Å²) in [5.74, 6) is 2.99. The van der Waals surface area contributed by atoms with Gasteiger partial charge >= 0.3 is 0 Å². The highest BCUT2D eigenvalue weighted by atomic mass is 16.3. The first-order valence-corrected chi connectivity index (χ1v) is 8.80. The SMILES string of the molecule is C=C/C=C\c1oc(CCCN2CCC(C)CC2)cc1C.CC. The molecule has 0 unspecified atom stereocenters. The predicted molar refractivity (Wildman–Crippen MR) is 97.2 cm³/mol. The Hall–Kier alpha value is -1.28. The van der Waals surface area contributed by atoms with E-state index in [0.717, 1.165) is 23.9 Å². The van der Waals surface area contributed by atoms with Gasteiger partial charge in [0.1, 0.15) is 11.5 Å². The van der Waals surface area contributed by atoms with Crippen LogP contribution in [0.4, 0.5) is 0 Å². The third kappa shape index (κ3) is 6.23.